The first-order valence-corrected chi connectivity index (χ1v) is 21.6. The molecule has 2 amide bonds. The van der Waals surface area contributed by atoms with Gasteiger partial charge in [-0.15, -0.1) is 0 Å². The molecule has 0 radical (unpaired) electrons. The lowest BCUT2D eigenvalue weighted by molar-refractivity contribution is 0.0490. The number of alkyl carbamates (subject to hydrolysis) is 1. The Kier molecular flexibility index (Phi) is 11.7. The number of nitrogens with one attached hydrogen (secondary N) is 1. The molecule has 12 heteroatoms. The van der Waals surface area contributed by atoms with Crippen molar-refractivity contribution in [1.29, 1.82) is 0 Å². The van der Waals surface area contributed by atoms with Gasteiger partial charge in [0.25, 0.3) is 0 Å². The average molecular weight is 728 g/mol. The number of hydrogen-bond acceptors (Lipinski definition) is 8. The molecular weight excluding hydrogens is 663 g/mol. The number of ether oxygens (including phenoxy) is 3. The molecule has 0 saturated heterocycles. The van der Waals surface area contributed by atoms with Crippen LogP contribution in [-0.4, -0.2) is 64.7 Å². The van der Waals surface area contributed by atoms with E-state index in [0.29, 0.717) is 24.0 Å². The van der Waals surface area contributed by atoms with Crippen LogP contribution in [-0.2, 0) is 19.4 Å². The highest BCUT2D eigenvalue weighted by molar-refractivity contribution is 6.74. The van der Waals surface area contributed by atoms with Crippen LogP contribution in [0.4, 0.5) is 21.1 Å². The number of rotatable bonds is 11. The van der Waals surface area contributed by atoms with Gasteiger partial charge in [0.1, 0.15) is 17.0 Å². The van der Waals surface area contributed by atoms with Crippen LogP contribution in [0.25, 0.3) is 0 Å². The third-order valence-electron chi connectivity index (χ3n) is 9.87. The van der Waals surface area contributed by atoms with E-state index < -0.39 is 31.2 Å². The predicted octanol–water partition coefficient (Wildman–Crippen LogP) is 9.98. The number of carbonyl (C=O) groups excluding carboxylic acids is 2. The highest BCUT2D eigenvalue weighted by Crippen LogP contribution is 2.44. The molecule has 2 fully saturated rings. The topological polar surface area (TPSA) is 117 Å². The van der Waals surface area contributed by atoms with E-state index in [1.165, 1.54) is 0 Å². The molecule has 0 unspecified atom stereocenters. The van der Waals surface area contributed by atoms with Gasteiger partial charge in [-0.3, -0.25) is 0 Å². The third-order valence-corrected chi connectivity index (χ3v) is 14.4. The van der Waals surface area contributed by atoms with Crippen LogP contribution in [0.5, 0.6) is 5.88 Å². The lowest BCUT2D eigenvalue weighted by Gasteiger charge is -2.38. The van der Waals surface area contributed by atoms with Gasteiger partial charge in [0, 0.05) is 35.9 Å². The molecule has 0 aliphatic heterocycles. The van der Waals surface area contributed by atoms with Gasteiger partial charge in [-0.2, -0.15) is 5.10 Å². The Bertz CT molecular complexity index is 1520. The first-order valence-electron chi connectivity index (χ1n) is 18.7. The summed E-state index contributed by atoms with van der Waals surface area (Å²) in [7, 11) is -1.91. The summed E-state index contributed by atoms with van der Waals surface area (Å²) in [6, 6.07) is 5.61. The molecule has 11 nitrogen and oxygen atoms in total. The minimum absolute atomic E-state index is 0.144. The summed E-state index contributed by atoms with van der Waals surface area (Å²) < 4.78 is 26.3. The molecule has 2 aromatic heterocycles. The van der Waals surface area contributed by atoms with Crippen LogP contribution in [0.3, 0.4) is 0 Å². The maximum atomic E-state index is 14.1. The number of hydrogen-bond donors (Lipinski definition) is 1. The van der Waals surface area contributed by atoms with E-state index in [1.54, 1.807) is 23.2 Å². The summed E-state index contributed by atoms with van der Waals surface area (Å²) in [5.41, 5.74) is -0.409. The highest BCUT2D eigenvalue weighted by atomic mass is 28.4. The van der Waals surface area contributed by atoms with E-state index in [4.69, 9.17) is 23.7 Å². The predicted molar refractivity (Wildman–Crippen MR) is 205 cm³/mol. The summed E-state index contributed by atoms with van der Waals surface area (Å²) >= 11 is 0. The van der Waals surface area contributed by atoms with Crippen molar-refractivity contribution in [3.63, 3.8) is 0 Å². The van der Waals surface area contributed by atoms with Crippen molar-refractivity contribution in [1.82, 2.24) is 20.1 Å². The Morgan fingerprint density at radius 2 is 1.61 bits per heavy atom. The zero-order valence-corrected chi connectivity index (χ0v) is 34.9. The number of amides is 2. The molecule has 0 bridgehead atoms. The number of pyridine rings is 1. The molecule has 2 atom stereocenters. The van der Waals surface area contributed by atoms with Gasteiger partial charge in [-0.1, -0.05) is 20.8 Å². The van der Waals surface area contributed by atoms with Crippen molar-refractivity contribution < 1.29 is 28.2 Å². The SMILES string of the molecule is CC(C)(C)OC(=O)NC1(CCCOc2cc(N(C(=O)OC(C)(C)C)c3cc([C@H]4CC[C@@H](O[Si](C)(C)C(C)(C)C)C4)nn3C(C)(C)C)ccn2)CC1. The molecule has 2 heterocycles. The Labute approximate surface area is 307 Å². The second-order valence-corrected chi connectivity index (χ2v) is 23.8. The van der Waals surface area contributed by atoms with Gasteiger partial charge in [0.05, 0.1) is 23.5 Å². The minimum Gasteiger partial charge on any atom is -0.478 e. The van der Waals surface area contributed by atoms with Gasteiger partial charge in [-0.25, -0.2) is 24.2 Å². The minimum atomic E-state index is -1.91. The summed E-state index contributed by atoms with van der Waals surface area (Å²) in [5.74, 6) is 1.24. The van der Waals surface area contributed by atoms with E-state index in [2.05, 4.69) is 64.9 Å². The van der Waals surface area contributed by atoms with Crippen molar-refractivity contribution in [2.75, 3.05) is 11.5 Å². The lowest BCUT2D eigenvalue weighted by atomic mass is 10.0. The summed E-state index contributed by atoms with van der Waals surface area (Å²) in [5, 5.41) is 8.35. The van der Waals surface area contributed by atoms with Gasteiger partial charge in [0.15, 0.2) is 8.32 Å². The smallest absolute Gasteiger partial charge is 0.420 e. The second kappa shape index (κ2) is 14.7. The summed E-state index contributed by atoms with van der Waals surface area (Å²) in [6.07, 6.45) is 7.15. The number of nitrogens with zero attached hydrogens (tertiary/aromatic N) is 4. The summed E-state index contributed by atoms with van der Waals surface area (Å²) in [6.45, 7) is 29.3. The normalized spacial score (nSPS) is 19.4. The van der Waals surface area contributed by atoms with Crippen molar-refractivity contribution in [2.45, 2.75) is 180 Å². The van der Waals surface area contributed by atoms with Gasteiger partial charge in [0.2, 0.25) is 5.88 Å². The van der Waals surface area contributed by atoms with Crippen LogP contribution >= 0.6 is 0 Å². The summed E-state index contributed by atoms with van der Waals surface area (Å²) in [4.78, 5) is 32.5. The molecule has 0 aromatic carbocycles. The van der Waals surface area contributed by atoms with Crippen LogP contribution in [0.15, 0.2) is 24.4 Å². The van der Waals surface area contributed by atoms with E-state index in [9.17, 15) is 9.59 Å². The molecule has 2 aromatic rings. The lowest BCUT2D eigenvalue weighted by Crippen LogP contribution is -2.43. The van der Waals surface area contributed by atoms with E-state index in [0.717, 1.165) is 50.6 Å². The Morgan fingerprint density at radius 3 is 2.18 bits per heavy atom. The van der Waals surface area contributed by atoms with Crippen LogP contribution in [0, 0.1) is 0 Å². The Hall–Kier alpha value is -3.12. The fourth-order valence-corrected chi connectivity index (χ4v) is 7.50. The monoisotopic (exact) mass is 727 g/mol. The fourth-order valence-electron chi connectivity index (χ4n) is 6.10. The Balaban J connectivity index is 1.55. The zero-order chi connectivity index (χ0) is 38.2. The van der Waals surface area contributed by atoms with E-state index >= 15 is 0 Å². The number of aromatic nitrogens is 3. The molecule has 51 heavy (non-hydrogen) atoms. The zero-order valence-electron chi connectivity index (χ0n) is 33.9. The first kappa shape index (κ1) is 40.6. The van der Waals surface area contributed by atoms with Gasteiger partial charge >= 0.3 is 12.2 Å². The van der Waals surface area contributed by atoms with Crippen molar-refractivity contribution in [3.8, 4) is 5.88 Å². The van der Waals surface area contributed by atoms with Gasteiger partial charge in [-0.05, 0) is 131 Å². The van der Waals surface area contributed by atoms with Crippen molar-refractivity contribution in [2.24, 2.45) is 0 Å². The molecular formula is C39H65N5O6Si. The maximum absolute atomic E-state index is 14.1. The molecule has 1 N–H and O–H groups in total. The van der Waals surface area contributed by atoms with Crippen molar-refractivity contribution in [3.05, 3.63) is 30.1 Å². The molecule has 2 aliphatic rings. The number of carbonyl (C=O) groups is 2. The molecule has 4 rings (SSSR count). The average Bonchev–Trinajstić information content (AvgIpc) is 3.31. The van der Waals surface area contributed by atoms with E-state index in [-0.39, 0.29) is 28.7 Å². The van der Waals surface area contributed by atoms with E-state index in [1.807, 2.05) is 52.3 Å². The maximum Gasteiger partial charge on any atom is 0.420 e. The first-order chi connectivity index (χ1) is 23.3. The molecule has 0 spiro atoms. The molecule has 2 saturated carbocycles. The van der Waals surface area contributed by atoms with Crippen LogP contribution in [0.1, 0.15) is 140 Å². The third kappa shape index (κ3) is 11.2. The quantitative estimate of drug-likeness (QED) is 0.180. The molecule has 2 aliphatic carbocycles. The van der Waals surface area contributed by atoms with Crippen molar-refractivity contribution >= 4 is 32.0 Å². The fraction of sp³-hybridized carbons (Fsp3) is 0.744. The molecule has 286 valence electrons. The Morgan fingerprint density at radius 1 is 0.961 bits per heavy atom. The number of anilines is 2. The largest absolute Gasteiger partial charge is 0.478 e. The second-order valence-electron chi connectivity index (χ2n) is 19.0. The van der Waals surface area contributed by atoms with Crippen LogP contribution < -0.4 is 15.0 Å². The highest BCUT2D eigenvalue weighted by Gasteiger charge is 2.45. The van der Waals surface area contributed by atoms with Gasteiger partial charge < -0.3 is 24.0 Å². The van der Waals surface area contributed by atoms with Crippen LogP contribution in [0.2, 0.25) is 18.1 Å². The standard InChI is InChI=1S/C39H65N5O6Si/c1-35(2,3)44-32(26-30(42-44)27-16-17-29(24-27)50-51(13,14)38(10,11)12)43(34(46)49-37(7,8)9)28-18-22-40-31(25-28)47-23-15-19-39(20-21-39)41-33(45)48-36(4,5)6/h18,22,25-27,29H,15-17,19-21,23-24H2,1-14H3,(H,41,45)/t27-,29+/m0/s1.